The van der Waals surface area contributed by atoms with E-state index in [4.69, 9.17) is 16.3 Å². The van der Waals surface area contributed by atoms with Crippen molar-refractivity contribution < 1.29 is 4.74 Å². The van der Waals surface area contributed by atoms with Gasteiger partial charge in [0.05, 0.1) is 29.7 Å². The van der Waals surface area contributed by atoms with Gasteiger partial charge in [-0.3, -0.25) is 9.36 Å². The molecule has 154 valence electrons. The molecule has 0 saturated carbocycles. The zero-order valence-electron chi connectivity index (χ0n) is 16.2. The number of rotatable bonds is 8. The first kappa shape index (κ1) is 20.9. The third kappa shape index (κ3) is 4.84. The highest BCUT2D eigenvalue weighted by Crippen LogP contribution is 2.27. The SMILES string of the molecule is COCCn1c(SCc2csc(Nc3ccccc3)n2)nc2cc(Cl)ccc2c1=O. The van der Waals surface area contributed by atoms with Gasteiger partial charge in [0, 0.05) is 29.0 Å². The smallest absolute Gasteiger partial charge is 0.262 e. The van der Waals surface area contributed by atoms with Crippen molar-refractivity contribution >= 4 is 56.4 Å². The lowest BCUT2D eigenvalue weighted by Crippen LogP contribution is -2.25. The Balaban J connectivity index is 1.56. The predicted octanol–water partition coefficient (Wildman–Crippen LogP) is 5.19. The van der Waals surface area contributed by atoms with Gasteiger partial charge in [-0.2, -0.15) is 0 Å². The van der Waals surface area contributed by atoms with E-state index >= 15 is 0 Å². The van der Waals surface area contributed by atoms with Gasteiger partial charge in [0.1, 0.15) is 0 Å². The number of nitrogens with one attached hydrogen (secondary N) is 1. The van der Waals surface area contributed by atoms with Crippen molar-refractivity contribution in [3.63, 3.8) is 0 Å². The molecule has 0 aliphatic heterocycles. The van der Waals surface area contributed by atoms with Crippen LogP contribution in [-0.4, -0.2) is 28.3 Å². The Morgan fingerprint density at radius 2 is 2.03 bits per heavy atom. The lowest BCUT2D eigenvalue weighted by Gasteiger charge is -2.12. The molecule has 0 fully saturated rings. The van der Waals surface area contributed by atoms with Gasteiger partial charge in [0.15, 0.2) is 10.3 Å². The first-order valence-electron chi connectivity index (χ1n) is 9.22. The van der Waals surface area contributed by atoms with Crippen LogP contribution in [0.2, 0.25) is 5.02 Å². The summed E-state index contributed by atoms with van der Waals surface area (Å²) in [6, 6.07) is 15.1. The number of nitrogens with zero attached hydrogens (tertiary/aromatic N) is 3. The zero-order chi connectivity index (χ0) is 20.9. The molecule has 30 heavy (non-hydrogen) atoms. The van der Waals surface area contributed by atoms with Gasteiger partial charge in [0.25, 0.3) is 5.56 Å². The second kappa shape index (κ2) is 9.61. The number of anilines is 2. The molecule has 0 radical (unpaired) electrons. The maximum atomic E-state index is 13.0. The number of methoxy groups -OCH3 is 1. The summed E-state index contributed by atoms with van der Waals surface area (Å²) < 4.78 is 6.83. The number of hydrogen-bond acceptors (Lipinski definition) is 7. The van der Waals surface area contributed by atoms with Gasteiger partial charge < -0.3 is 10.1 Å². The summed E-state index contributed by atoms with van der Waals surface area (Å²) in [5.41, 5.74) is 2.41. The van der Waals surface area contributed by atoms with Crippen LogP contribution >= 0.6 is 34.7 Å². The summed E-state index contributed by atoms with van der Waals surface area (Å²) in [7, 11) is 1.61. The lowest BCUT2D eigenvalue weighted by atomic mass is 10.2. The quantitative estimate of drug-likeness (QED) is 0.289. The molecule has 0 unspecified atom stereocenters. The molecule has 9 heteroatoms. The molecule has 6 nitrogen and oxygen atoms in total. The number of aromatic nitrogens is 3. The molecule has 2 heterocycles. The normalized spacial score (nSPS) is 11.1. The van der Waals surface area contributed by atoms with E-state index in [0.29, 0.717) is 40.0 Å². The van der Waals surface area contributed by atoms with E-state index in [9.17, 15) is 4.79 Å². The van der Waals surface area contributed by atoms with Crippen molar-refractivity contribution in [2.24, 2.45) is 0 Å². The Labute approximate surface area is 186 Å². The second-order valence-electron chi connectivity index (χ2n) is 6.43. The molecule has 0 aliphatic rings. The van der Waals surface area contributed by atoms with Gasteiger partial charge in [-0.05, 0) is 30.3 Å². The molecule has 4 rings (SSSR count). The summed E-state index contributed by atoms with van der Waals surface area (Å²) >= 11 is 9.12. The maximum Gasteiger partial charge on any atom is 0.262 e. The largest absolute Gasteiger partial charge is 0.383 e. The fourth-order valence-corrected chi connectivity index (χ4v) is 4.80. The number of thioether (sulfide) groups is 1. The van der Waals surface area contributed by atoms with Crippen LogP contribution in [0.25, 0.3) is 10.9 Å². The Bertz CT molecular complexity index is 1210. The second-order valence-corrected chi connectivity index (χ2v) is 8.67. The Morgan fingerprint density at radius 3 is 2.83 bits per heavy atom. The molecule has 0 aliphatic carbocycles. The van der Waals surface area contributed by atoms with Crippen LogP contribution in [0.3, 0.4) is 0 Å². The number of halogens is 1. The lowest BCUT2D eigenvalue weighted by molar-refractivity contribution is 0.183. The van der Waals surface area contributed by atoms with E-state index in [2.05, 4.69) is 15.3 Å². The number of para-hydroxylation sites is 1. The van der Waals surface area contributed by atoms with Crippen molar-refractivity contribution in [2.45, 2.75) is 17.5 Å². The van der Waals surface area contributed by atoms with Gasteiger partial charge >= 0.3 is 0 Å². The van der Waals surface area contributed by atoms with Gasteiger partial charge in [-0.15, -0.1) is 11.3 Å². The van der Waals surface area contributed by atoms with E-state index in [0.717, 1.165) is 16.5 Å². The van der Waals surface area contributed by atoms with Crippen LogP contribution in [0.1, 0.15) is 5.69 Å². The highest BCUT2D eigenvalue weighted by molar-refractivity contribution is 7.98. The molecule has 1 N–H and O–H groups in total. The molecule has 0 atom stereocenters. The van der Waals surface area contributed by atoms with Crippen LogP contribution in [0.5, 0.6) is 0 Å². The fourth-order valence-electron chi connectivity index (χ4n) is 2.88. The number of hydrogen-bond donors (Lipinski definition) is 1. The molecule has 0 spiro atoms. The molecule has 2 aromatic carbocycles. The summed E-state index contributed by atoms with van der Waals surface area (Å²) in [5.74, 6) is 0.596. The minimum Gasteiger partial charge on any atom is -0.383 e. The van der Waals surface area contributed by atoms with E-state index < -0.39 is 0 Å². The maximum absolute atomic E-state index is 13.0. The average Bonchev–Trinajstić information content (AvgIpc) is 3.19. The molecule has 4 aromatic rings. The topological polar surface area (TPSA) is 69.0 Å². The van der Waals surface area contributed by atoms with Gasteiger partial charge in [-0.1, -0.05) is 41.6 Å². The van der Waals surface area contributed by atoms with Crippen LogP contribution in [0.15, 0.2) is 63.9 Å². The number of fused-ring (bicyclic) bond motifs is 1. The standard InChI is InChI=1S/C21H19ClN4O2S2/c1-28-10-9-26-19(27)17-8-7-14(22)11-18(17)25-21(26)30-13-16-12-29-20(24-16)23-15-5-3-2-4-6-15/h2-8,11-12H,9-10,13H2,1H3,(H,23,24). The Morgan fingerprint density at radius 1 is 1.20 bits per heavy atom. The molecular formula is C21H19ClN4O2S2. The highest BCUT2D eigenvalue weighted by Gasteiger charge is 2.13. The highest BCUT2D eigenvalue weighted by atomic mass is 35.5. The third-order valence-corrected chi connectivity index (χ3v) is 6.38. The van der Waals surface area contributed by atoms with Crippen LogP contribution in [0, 0.1) is 0 Å². The number of thiazole rings is 1. The third-order valence-electron chi connectivity index (χ3n) is 4.33. The van der Waals surface area contributed by atoms with Crippen LogP contribution in [-0.2, 0) is 17.0 Å². The molecule has 0 amide bonds. The summed E-state index contributed by atoms with van der Waals surface area (Å²) in [6.45, 7) is 0.858. The van der Waals surface area contributed by atoms with E-state index in [1.807, 2.05) is 35.7 Å². The molecular weight excluding hydrogens is 440 g/mol. The fraction of sp³-hybridized carbons (Fsp3) is 0.190. The van der Waals surface area contributed by atoms with E-state index in [1.165, 1.54) is 11.8 Å². The van der Waals surface area contributed by atoms with Crippen molar-refractivity contribution in [1.82, 2.24) is 14.5 Å². The average molecular weight is 459 g/mol. The van der Waals surface area contributed by atoms with Crippen LogP contribution in [0.4, 0.5) is 10.8 Å². The van der Waals surface area contributed by atoms with Gasteiger partial charge in [-0.25, -0.2) is 9.97 Å². The van der Waals surface area contributed by atoms with E-state index in [-0.39, 0.29) is 5.56 Å². The summed E-state index contributed by atoms with van der Waals surface area (Å²) in [6.07, 6.45) is 0. The number of benzene rings is 2. The molecule has 2 aromatic heterocycles. The van der Waals surface area contributed by atoms with Crippen molar-refractivity contribution in [3.05, 3.63) is 75.0 Å². The van der Waals surface area contributed by atoms with Crippen molar-refractivity contribution in [2.75, 3.05) is 19.0 Å². The zero-order valence-corrected chi connectivity index (χ0v) is 18.6. The number of ether oxygens (including phenoxy) is 1. The minimum atomic E-state index is -0.0964. The van der Waals surface area contributed by atoms with Crippen molar-refractivity contribution in [3.8, 4) is 0 Å². The minimum absolute atomic E-state index is 0.0964. The summed E-state index contributed by atoms with van der Waals surface area (Å²) in [4.78, 5) is 22.3. The monoisotopic (exact) mass is 458 g/mol. The molecule has 0 bridgehead atoms. The first-order chi connectivity index (χ1) is 14.6. The Hall–Kier alpha value is -2.39. The molecule has 0 saturated heterocycles. The Kier molecular flexibility index (Phi) is 6.69. The van der Waals surface area contributed by atoms with Crippen LogP contribution < -0.4 is 10.9 Å². The predicted molar refractivity (Wildman–Crippen MR) is 124 cm³/mol. The van der Waals surface area contributed by atoms with E-state index in [1.54, 1.807) is 41.2 Å². The van der Waals surface area contributed by atoms with Crippen molar-refractivity contribution in [1.29, 1.82) is 0 Å². The summed E-state index contributed by atoms with van der Waals surface area (Å²) in [5, 5.41) is 7.85. The van der Waals surface area contributed by atoms with Gasteiger partial charge in [0.2, 0.25) is 0 Å². The first-order valence-corrected chi connectivity index (χ1v) is 11.5.